The molecule has 11 nitrogen and oxygen atoms in total. The number of hydrogen-bond donors (Lipinski definition) is 2. The number of rotatable bonds is 5. The molecule has 0 bridgehead atoms. The van der Waals surface area contributed by atoms with Crippen molar-refractivity contribution in [3.8, 4) is 0 Å². The molecule has 0 aliphatic carbocycles. The summed E-state index contributed by atoms with van der Waals surface area (Å²) in [6.07, 6.45) is 2.73. The second-order valence-corrected chi connectivity index (χ2v) is 13.3. The fourth-order valence-electron chi connectivity index (χ4n) is 6.29. The zero-order valence-corrected chi connectivity index (χ0v) is 28.3. The summed E-state index contributed by atoms with van der Waals surface area (Å²) in [5, 5.41) is 20.3. The van der Waals surface area contributed by atoms with E-state index in [0.717, 1.165) is 13.1 Å². The van der Waals surface area contributed by atoms with Gasteiger partial charge in [-0.05, 0) is 75.1 Å². The SMILES string of the molecule is C/C(=C\c1cc(F)cc(N2CCN(C(=O)[C@@H](C)O)CC2)c1)[C@H]1OC(=O)C[C@H](O)CC[C@H](C)[C@@H](OC(=O)N2CCN(C)CC2)/C=C/[C@@H]1C. The number of amides is 2. The van der Waals surface area contributed by atoms with Crippen LogP contribution in [0.25, 0.3) is 6.08 Å². The molecule has 0 radical (unpaired) electrons. The van der Waals surface area contributed by atoms with Crippen molar-refractivity contribution in [2.24, 2.45) is 11.8 Å². The molecule has 0 saturated carbocycles. The molecule has 0 aromatic heterocycles. The van der Waals surface area contributed by atoms with Crippen LogP contribution in [0.4, 0.5) is 14.9 Å². The van der Waals surface area contributed by atoms with Crippen molar-refractivity contribution in [3.05, 3.63) is 47.3 Å². The highest BCUT2D eigenvalue weighted by Crippen LogP contribution is 2.28. The normalized spacial score (nSPS) is 28.5. The first kappa shape index (κ1) is 36.4. The summed E-state index contributed by atoms with van der Waals surface area (Å²) in [6, 6.07) is 4.72. The summed E-state index contributed by atoms with van der Waals surface area (Å²) >= 11 is 0. The van der Waals surface area contributed by atoms with Gasteiger partial charge in [-0.3, -0.25) is 9.59 Å². The second-order valence-electron chi connectivity index (χ2n) is 13.3. The van der Waals surface area contributed by atoms with Crippen molar-refractivity contribution in [2.45, 2.75) is 71.4 Å². The quantitative estimate of drug-likeness (QED) is 0.363. The molecule has 0 spiro atoms. The van der Waals surface area contributed by atoms with Crippen LogP contribution in [-0.2, 0) is 19.1 Å². The van der Waals surface area contributed by atoms with Crippen molar-refractivity contribution in [1.82, 2.24) is 14.7 Å². The van der Waals surface area contributed by atoms with Crippen molar-refractivity contribution in [1.29, 1.82) is 0 Å². The number of hydrogen-bond acceptors (Lipinski definition) is 9. The smallest absolute Gasteiger partial charge is 0.410 e. The van der Waals surface area contributed by atoms with Crippen molar-refractivity contribution >= 4 is 29.7 Å². The topological polar surface area (TPSA) is 123 Å². The maximum absolute atomic E-state index is 14.9. The maximum atomic E-state index is 14.9. The molecule has 2 amide bonds. The van der Waals surface area contributed by atoms with Gasteiger partial charge in [0.25, 0.3) is 5.91 Å². The van der Waals surface area contributed by atoms with Crippen LogP contribution in [0.2, 0.25) is 0 Å². The lowest BCUT2D eigenvalue weighted by Crippen LogP contribution is -2.51. The van der Waals surface area contributed by atoms with Gasteiger partial charge in [-0.15, -0.1) is 0 Å². The van der Waals surface area contributed by atoms with E-state index in [2.05, 4.69) is 4.90 Å². The standard InChI is InChI=1S/C35H51FN4O7/c1-23-6-8-30(42)22-32(43)47-33(24(2)7-9-31(23)46-35(45)40-12-10-37(5)11-13-40)25(3)18-27-19-28(36)21-29(20-27)38-14-16-39(17-15-38)34(44)26(4)41/h7,9,18-21,23-24,26,30-31,33,41-42H,6,8,10-17,22H2,1-5H3/b9-7+,25-18+/t23-,24-,26+,30+,31-,33-/m0/s1. The van der Waals surface area contributed by atoms with Gasteiger partial charge in [-0.25, -0.2) is 9.18 Å². The molecule has 3 aliphatic heterocycles. The van der Waals surface area contributed by atoms with Crippen LogP contribution in [0.5, 0.6) is 0 Å². The Labute approximate surface area is 277 Å². The molecule has 2 fully saturated rings. The van der Waals surface area contributed by atoms with Gasteiger partial charge in [0.05, 0.1) is 12.5 Å². The molecule has 0 unspecified atom stereocenters. The fraction of sp³-hybridized carbons (Fsp3) is 0.629. The predicted molar refractivity (Wildman–Crippen MR) is 177 cm³/mol. The number of carbonyl (C=O) groups is 3. The Morgan fingerprint density at radius 2 is 1.66 bits per heavy atom. The number of nitrogens with zero attached hydrogens (tertiary/aromatic N) is 4. The predicted octanol–water partition coefficient (Wildman–Crippen LogP) is 3.30. The van der Waals surface area contributed by atoms with Gasteiger partial charge >= 0.3 is 12.1 Å². The van der Waals surface area contributed by atoms with Crippen LogP contribution in [0.3, 0.4) is 0 Å². The first-order chi connectivity index (χ1) is 22.3. The lowest BCUT2D eigenvalue weighted by molar-refractivity contribution is -0.151. The van der Waals surface area contributed by atoms with Gasteiger partial charge in [0.15, 0.2) is 0 Å². The van der Waals surface area contributed by atoms with E-state index < -0.39 is 36.2 Å². The van der Waals surface area contributed by atoms with E-state index in [1.807, 2.05) is 50.9 Å². The van der Waals surface area contributed by atoms with E-state index in [1.54, 1.807) is 15.9 Å². The van der Waals surface area contributed by atoms with Crippen LogP contribution in [0.1, 0.15) is 52.5 Å². The summed E-state index contributed by atoms with van der Waals surface area (Å²) in [4.78, 5) is 45.6. The van der Waals surface area contributed by atoms with Gasteiger partial charge in [0, 0.05) is 64.0 Å². The van der Waals surface area contributed by atoms with Gasteiger partial charge in [-0.1, -0.05) is 26.0 Å². The molecular formula is C35H51FN4O7. The van der Waals surface area contributed by atoms with E-state index in [-0.39, 0.29) is 30.3 Å². The number of aliphatic hydroxyl groups excluding tert-OH is 2. The molecule has 260 valence electrons. The minimum absolute atomic E-state index is 0.0900. The van der Waals surface area contributed by atoms with Gasteiger partial charge in [0.1, 0.15) is 24.1 Å². The lowest BCUT2D eigenvalue weighted by Gasteiger charge is -2.36. The summed E-state index contributed by atoms with van der Waals surface area (Å²) in [5.74, 6) is -1.68. The highest BCUT2D eigenvalue weighted by Gasteiger charge is 2.29. The summed E-state index contributed by atoms with van der Waals surface area (Å²) in [5.41, 5.74) is 1.94. The van der Waals surface area contributed by atoms with E-state index in [0.29, 0.717) is 68.9 Å². The molecule has 2 saturated heterocycles. The zero-order valence-electron chi connectivity index (χ0n) is 28.3. The fourth-order valence-corrected chi connectivity index (χ4v) is 6.29. The average Bonchev–Trinajstić information content (AvgIpc) is 3.03. The molecule has 3 aliphatic rings. The molecular weight excluding hydrogens is 607 g/mol. The first-order valence-electron chi connectivity index (χ1n) is 16.7. The Morgan fingerprint density at radius 3 is 2.32 bits per heavy atom. The van der Waals surface area contributed by atoms with E-state index in [4.69, 9.17) is 9.47 Å². The average molecular weight is 659 g/mol. The summed E-state index contributed by atoms with van der Waals surface area (Å²) in [6.45, 7) is 11.7. The number of piperazine rings is 2. The molecule has 3 heterocycles. The second kappa shape index (κ2) is 16.6. The molecule has 2 N–H and O–H groups in total. The maximum Gasteiger partial charge on any atom is 0.410 e. The number of aliphatic hydroxyl groups is 2. The number of cyclic esters (lactones) is 1. The van der Waals surface area contributed by atoms with Crippen molar-refractivity contribution < 1.29 is 38.5 Å². The van der Waals surface area contributed by atoms with E-state index >= 15 is 0 Å². The number of anilines is 1. The van der Waals surface area contributed by atoms with Crippen molar-refractivity contribution in [3.63, 3.8) is 0 Å². The van der Waals surface area contributed by atoms with Gasteiger partial charge in [0.2, 0.25) is 0 Å². The third kappa shape index (κ3) is 10.3. The molecule has 47 heavy (non-hydrogen) atoms. The van der Waals surface area contributed by atoms with Crippen molar-refractivity contribution in [2.75, 3.05) is 64.3 Å². The third-order valence-electron chi connectivity index (χ3n) is 9.32. The number of likely N-dealkylation sites (N-methyl/N-ethyl adjacent to an activating group) is 1. The summed E-state index contributed by atoms with van der Waals surface area (Å²) < 4.78 is 26.8. The monoisotopic (exact) mass is 658 g/mol. The van der Waals surface area contributed by atoms with Crippen LogP contribution >= 0.6 is 0 Å². The number of carbonyl (C=O) groups excluding carboxylic acids is 3. The molecule has 12 heteroatoms. The Bertz CT molecular complexity index is 1300. The highest BCUT2D eigenvalue weighted by molar-refractivity contribution is 5.80. The minimum Gasteiger partial charge on any atom is -0.457 e. The summed E-state index contributed by atoms with van der Waals surface area (Å²) in [7, 11) is 2.02. The minimum atomic E-state index is -1.06. The molecule has 1 aromatic rings. The van der Waals surface area contributed by atoms with Gasteiger partial charge < -0.3 is 39.3 Å². The Balaban J connectivity index is 1.53. The van der Waals surface area contributed by atoms with E-state index in [1.165, 1.54) is 19.1 Å². The number of ether oxygens (including phenoxy) is 2. The molecule has 6 atom stereocenters. The third-order valence-corrected chi connectivity index (χ3v) is 9.32. The number of halogens is 1. The number of benzene rings is 1. The van der Waals surface area contributed by atoms with Gasteiger partial charge in [-0.2, -0.15) is 0 Å². The Kier molecular flexibility index (Phi) is 12.8. The number of esters is 1. The molecule has 4 rings (SSSR count). The van der Waals surface area contributed by atoms with E-state index in [9.17, 15) is 29.0 Å². The zero-order chi connectivity index (χ0) is 34.2. The Morgan fingerprint density at radius 1 is 1.00 bits per heavy atom. The Hall–Kier alpha value is -3.48. The van der Waals surface area contributed by atoms with Crippen LogP contribution in [0, 0.1) is 17.7 Å². The molecule has 1 aromatic carbocycles. The lowest BCUT2D eigenvalue weighted by atomic mass is 9.91. The van der Waals surface area contributed by atoms with Crippen LogP contribution in [0.15, 0.2) is 35.9 Å². The first-order valence-corrected chi connectivity index (χ1v) is 16.7. The largest absolute Gasteiger partial charge is 0.457 e. The van der Waals surface area contributed by atoms with Crippen LogP contribution < -0.4 is 4.90 Å². The van der Waals surface area contributed by atoms with Crippen LogP contribution in [-0.4, -0.2) is 127 Å². The highest BCUT2D eigenvalue weighted by atomic mass is 19.1.